The van der Waals surface area contributed by atoms with E-state index >= 15 is 0 Å². The molecule has 3 aromatic rings. The van der Waals surface area contributed by atoms with E-state index in [0.717, 1.165) is 5.56 Å². The molecule has 0 saturated heterocycles. The predicted molar refractivity (Wildman–Crippen MR) is 114 cm³/mol. The Balaban J connectivity index is 1.84. The van der Waals surface area contributed by atoms with Gasteiger partial charge in [-0.05, 0) is 48.1 Å². The molecule has 164 valence electrons. The number of benzene rings is 2. The molecule has 0 spiro atoms. The number of fused-ring (bicyclic) bond motifs is 4. The number of rotatable bonds is 1. The summed E-state index contributed by atoms with van der Waals surface area (Å²) in [5, 5.41) is 12.3. The van der Waals surface area contributed by atoms with Crippen molar-refractivity contribution in [2.24, 2.45) is 0 Å². The SMILES string of the molecule is CN1C(=O)c2c(O)c(=O)ccn2N2C(c3ccccc3)c3cc(F)c(F)cc3CCCC12. The summed E-state index contributed by atoms with van der Waals surface area (Å²) in [7, 11) is 1.62. The third-order valence-electron chi connectivity index (χ3n) is 6.34. The Morgan fingerprint density at radius 3 is 2.50 bits per heavy atom. The van der Waals surface area contributed by atoms with Crippen LogP contribution in [0.25, 0.3) is 0 Å². The van der Waals surface area contributed by atoms with Gasteiger partial charge in [0.15, 0.2) is 23.1 Å². The molecule has 2 unspecified atom stereocenters. The summed E-state index contributed by atoms with van der Waals surface area (Å²) in [6.07, 6.45) is 2.76. The van der Waals surface area contributed by atoms with Crippen LogP contribution in [-0.2, 0) is 6.42 Å². The molecule has 2 aliphatic heterocycles. The van der Waals surface area contributed by atoms with Crippen molar-refractivity contribution < 1.29 is 18.7 Å². The first-order valence-corrected chi connectivity index (χ1v) is 10.4. The van der Waals surface area contributed by atoms with Gasteiger partial charge in [0.2, 0.25) is 5.43 Å². The van der Waals surface area contributed by atoms with Gasteiger partial charge in [-0.1, -0.05) is 30.3 Å². The molecular weight excluding hydrogens is 416 g/mol. The Bertz CT molecular complexity index is 1280. The molecule has 3 heterocycles. The first kappa shape index (κ1) is 20.2. The highest BCUT2D eigenvalue weighted by molar-refractivity contribution is 5.96. The molecule has 0 saturated carbocycles. The minimum Gasteiger partial charge on any atom is -0.502 e. The zero-order chi connectivity index (χ0) is 22.6. The van der Waals surface area contributed by atoms with Crippen LogP contribution in [0.5, 0.6) is 5.75 Å². The van der Waals surface area contributed by atoms with Gasteiger partial charge in [-0.2, -0.15) is 0 Å². The predicted octanol–water partition coefficient (Wildman–Crippen LogP) is 3.31. The fraction of sp³-hybridized carbons (Fsp3) is 0.250. The number of aromatic nitrogens is 1. The second-order valence-corrected chi connectivity index (χ2v) is 8.17. The van der Waals surface area contributed by atoms with Crippen molar-refractivity contribution in [2.45, 2.75) is 31.5 Å². The van der Waals surface area contributed by atoms with Gasteiger partial charge in [0.1, 0.15) is 6.17 Å². The summed E-state index contributed by atoms with van der Waals surface area (Å²) < 4.78 is 30.1. The Morgan fingerprint density at radius 1 is 1.03 bits per heavy atom. The van der Waals surface area contributed by atoms with E-state index in [-0.39, 0.29) is 5.69 Å². The van der Waals surface area contributed by atoms with Crippen molar-refractivity contribution in [1.82, 2.24) is 9.58 Å². The smallest absolute Gasteiger partial charge is 0.277 e. The van der Waals surface area contributed by atoms with Crippen LogP contribution in [0, 0.1) is 11.6 Å². The third kappa shape index (κ3) is 2.97. The van der Waals surface area contributed by atoms with Crippen molar-refractivity contribution in [1.29, 1.82) is 0 Å². The van der Waals surface area contributed by atoms with Gasteiger partial charge in [0.25, 0.3) is 5.91 Å². The molecule has 2 aromatic carbocycles. The lowest BCUT2D eigenvalue weighted by atomic mass is 9.88. The molecule has 6 nitrogen and oxygen atoms in total. The topological polar surface area (TPSA) is 65.8 Å². The minimum atomic E-state index is -0.953. The molecule has 5 rings (SSSR count). The fourth-order valence-corrected chi connectivity index (χ4v) is 4.81. The third-order valence-corrected chi connectivity index (χ3v) is 6.34. The number of aryl methyl sites for hydroxylation is 1. The number of carbonyl (C=O) groups is 1. The van der Waals surface area contributed by atoms with Crippen molar-refractivity contribution in [3.63, 3.8) is 0 Å². The summed E-state index contributed by atoms with van der Waals surface area (Å²) in [6.45, 7) is 0. The maximum Gasteiger partial charge on any atom is 0.277 e. The standard InChI is InChI=1S/C24H21F2N3O3/c1-27-20-9-5-8-15-12-17(25)18(26)13-16(15)21(14-6-3-2-4-7-14)29(20)28-11-10-19(30)23(31)22(28)24(27)32/h2-4,6-7,10-13,20-21,31H,5,8-9H2,1H3. The highest BCUT2D eigenvalue weighted by Crippen LogP contribution is 2.39. The molecule has 32 heavy (non-hydrogen) atoms. The zero-order valence-electron chi connectivity index (χ0n) is 17.3. The molecule has 8 heteroatoms. The number of amides is 1. The molecule has 0 radical (unpaired) electrons. The zero-order valence-corrected chi connectivity index (χ0v) is 17.3. The molecule has 0 bridgehead atoms. The molecule has 1 N–H and O–H groups in total. The van der Waals surface area contributed by atoms with Crippen molar-refractivity contribution in [3.05, 3.63) is 99.0 Å². The Morgan fingerprint density at radius 2 is 1.75 bits per heavy atom. The molecule has 2 aliphatic rings. The summed E-state index contributed by atoms with van der Waals surface area (Å²) in [4.78, 5) is 26.7. The van der Waals surface area contributed by atoms with E-state index in [1.165, 1.54) is 34.0 Å². The van der Waals surface area contributed by atoms with Crippen molar-refractivity contribution in [3.8, 4) is 5.75 Å². The van der Waals surface area contributed by atoms with Gasteiger partial charge in [0, 0.05) is 19.3 Å². The number of pyridine rings is 1. The van der Waals surface area contributed by atoms with E-state index in [0.29, 0.717) is 30.4 Å². The van der Waals surface area contributed by atoms with E-state index in [9.17, 15) is 23.5 Å². The molecule has 1 amide bonds. The second-order valence-electron chi connectivity index (χ2n) is 8.17. The summed E-state index contributed by atoms with van der Waals surface area (Å²) in [6, 6.07) is 12.4. The van der Waals surface area contributed by atoms with Crippen LogP contribution < -0.4 is 10.4 Å². The largest absolute Gasteiger partial charge is 0.502 e. The maximum atomic E-state index is 14.5. The molecule has 2 atom stereocenters. The number of nitrogens with zero attached hydrogens (tertiary/aromatic N) is 3. The van der Waals surface area contributed by atoms with E-state index in [4.69, 9.17) is 0 Å². The van der Waals surface area contributed by atoms with Crippen LogP contribution in [0.3, 0.4) is 0 Å². The Kier molecular flexibility index (Phi) is 4.73. The lowest BCUT2D eigenvalue weighted by molar-refractivity contribution is 0.0600. The summed E-state index contributed by atoms with van der Waals surface area (Å²) in [5.74, 6) is -2.96. The van der Waals surface area contributed by atoms with Gasteiger partial charge < -0.3 is 10.0 Å². The van der Waals surface area contributed by atoms with Gasteiger partial charge >= 0.3 is 0 Å². The lowest BCUT2D eigenvalue weighted by Crippen LogP contribution is -2.61. The number of hydrogen-bond acceptors (Lipinski definition) is 4. The van der Waals surface area contributed by atoms with Crippen molar-refractivity contribution >= 4 is 5.91 Å². The van der Waals surface area contributed by atoms with E-state index in [2.05, 4.69) is 0 Å². The van der Waals surface area contributed by atoms with Gasteiger partial charge in [-0.3, -0.25) is 19.3 Å². The first-order chi connectivity index (χ1) is 15.4. The monoisotopic (exact) mass is 437 g/mol. The average Bonchev–Trinajstić information content (AvgIpc) is 2.78. The number of carbonyl (C=O) groups excluding carboxylic acids is 1. The van der Waals surface area contributed by atoms with Crippen molar-refractivity contribution in [2.75, 3.05) is 12.1 Å². The van der Waals surface area contributed by atoms with E-state index in [1.54, 1.807) is 7.05 Å². The normalized spacial score (nSPS) is 20.2. The Labute approximate surface area is 182 Å². The maximum absolute atomic E-state index is 14.5. The van der Waals surface area contributed by atoms with Crippen LogP contribution in [0.15, 0.2) is 59.5 Å². The van der Waals surface area contributed by atoms with Crippen LogP contribution in [0.2, 0.25) is 0 Å². The number of aromatic hydroxyl groups is 1. The van der Waals surface area contributed by atoms with E-state index < -0.39 is 40.9 Å². The Hall–Kier alpha value is -3.68. The van der Waals surface area contributed by atoms with Crippen LogP contribution in [0.4, 0.5) is 8.78 Å². The van der Waals surface area contributed by atoms with E-state index in [1.807, 2.05) is 35.3 Å². The highest BCUT2D eigenvalue weighted by Gasteiger charge is 2.42. The quantitative estimate of drug-likeness (QED) is 0.635. The highest BCUT2D eigenvalue weighted by atomic mass is 19.2. The van der Waals surface area contributed by atoms with Gasteiger partial charge in [-0.25, -0.2) is 8.78 Å². The number of halogens is 2. The second kappa shape index (κ2) is 7.47. The van der Waals surface area contributed by atoms with Crippen LogP contribution in [0.1, 0.15) is 46.1 Å². The number of hydrogen-bond donors (Lipinski definition) is 1. The lowest BCUT2D eigenvalue weighted by Gasteiger charge is -2.50. The summed E-state index contributed by atoms with van der Waals surface area (Å²) in [5.41, 5.74) is 1.25. The molecule has 0 aliphatic carbocycles. The summed E-state index contributed by atoms with van der Waals surface area (Å²) >= 11 is 0. The van der Waals surface area contributed by atoms with Gasteiger partial charge in [0.05, 0.1) is 6.04 Å². The van der Waals surface area contributed by atoms with Gasteiger partial charge in [-0.15, -0.1) is 0 Å². The molecule has 0 fully saturated rings. The molecule has 1 aromatic heterocycles. The molecular formula is C24H21F2N3O3. The average molecular weight is 437 g/mol. The van der Waals surface area contributed by atoms with Crippen LogP contribution in [-0.4, -0.2) is 33.8 Å². The first-order valence-electron chi connectivity index (χ1n) is 10.4. The van der Waals surface area contributed by atoms with Crippen LogP contribution >= 0.6 is 0 Å². The minimum absolute atomic E-state index is 0.151. The fourth-order valence-electron chi connectivity index (χ4n) is 4.81.